The van der Waals surface area contributed by atoms with Crippen LogP contribution in [0.15, 0.2) is 71.6 Å². The third-order valence-corrected chi connectivity index (χ3v) is 6.06. The van der Waals surface area contributed by atoms with Crippen molar-refractivity contribution in [1.82, 2.24) is 4.72 Å². The summed E-state index contributed by atoms with van der Waals surface area (Å²) in [6, 6.07) is 20.4. The molecular formula is C23H26N2O3S. The van der Waals surface area contributed by atoms with Gasteiger partial charge in [-0.05, 0) is 41.5 Å². The normalized spacial score (nSPS) is 11.7. The maximum Gasteiger partial charge on any atom is 0.240 e. The summed E-state index contributed by atoms with van der Waals surface area (Å²) < 4.78 is 27.1. The first-order valence-corrected chi connectivity index (χ1v) is 11.2. The first kappa shape index (κ1) is 21.0. The summed E-state index contributed by atoms with van der Waals surface area (Å²) in [6.07, 6.45) is 0.858. The largest absolute Gasteiger partial charge is 0.326 e. The van der Waals surface area contributed by atoms with Crippen molar-refractivity contribution in [3.8, 4) is 0 Å². The van der Waals surface area contributed by atoms with Crippen LogP contribution in [0, 0.1) is 5.92 Å². The quantitative estimate of drug-likeness (QED) is 0.580. The molecule has 3 aromatic carbocycles. The second-order valence-corrected chi connectivity index (χ2v) is 9.23. The molecule has 0 aromatic heterocycles. The number of hydrogen-bond donors (Lipinski definition) is 2. The lowest BCUT2D eigenvalue weighted by Gasteiger charge is -2.10. The van der Waals surface area contributed by atoms with Gasteiger partial charge in [-0.15, -0.1) is 0 Å². The summed E-state index contributed by atoms with van der Waals surface area (Å²) in [6.45, 7) is 4.31. The number of carbonyl (C=O) groups is 1. The van der Waals surface area contributed by atoms with E-state index in [9.17, 15) is 13.2 Å². The second-order valence-electron chi connectivity index (χ2n) is 7.46. The minimum Gasteiger partial charge on any atom is -0.326 e. The van der Waals surface area contributed by atoms with E-state index >= 15 is 0 Å². The SMILES string of the molecule is CC(C)CNS(=O)(=O)c1ccc(CCC(=O)Nc2cccc3ccccc23)cc1. The number of aryl methyl sites for hydroxylation is 1. The molecule has 0 aliphatic carbocycles. The summed E-state index contributed by atoms with van der Waals surface area (Å²) in [5.41, 5.74) is 1.71. The summed E-state index contributed by atoms with van der Waals surface area (Å²) in [5.74, 6) is 0.168. The van der Waals surface area contributed by atoms with Gasteiger partial charge < -0.3 is 5.32 Å². The maximum absolute atomic E-state index is 12.4. The molecule has 0 bridgehead atoms. The molecule has 5 nitrogen and oxygen atoms in total. The number of amides is 1. The third kappa shape index (κ3) is 5.65. The Bertz CT molecular complexity index is 1090. The van der Waals surface area contributed by atoms with Gasteiger partial charge in [0.1, 0.15) is 0 Å². The molecule has 1 amide bonds. The standard InChI is InChI=1S/C23H26N2O3S/c1-17(2)16-24-29(27,28)20-13-10-18(11-14-20)12-15-23(26)25-22-9-5-7-19-6-3-4-8-21(19)22/h3-11,13-14,17,24H,12,15-16H2,1-2H3,(H,25,26). The van der Waals surface area contributed by atoms with Crippen molar-refractivity contribution in [2.24, 2.45) is 5.92 Å². The molecular weight excluding hydrogens is 384 g/mol. The third-order valence-electron chi connectivity index (χ3n) is 4.62. The van der Waals surface area contributed by atoms with E-state index in [4.69, 9.17) is 0 Å². The Morgan fingerprint density at radius 2 is 1.62 bits per heavy atom. The first-order chi connectivity index (χ1) is 13.8. The number of nitrogens with one attached hydrogen (secondary N) is 2. The van der Waals surface area contributed by atoms with Gasteiger partial charge in [0.25, 0.3) is 0 Å². The molecule has 0 saturated carbocycles. The Kier molecular flexibility index (Phi) is 6.67. The Labute approximate surface area is 172 Å². The predicted molar refractivity (Wildman–Crippen MR) is 117 cm³/mol. The van der Waals surface area contributed by atoms with Crippen LogP contribution >= 0.6 is 0 Å². The van der Waals surface area contributed by atoms with Crippen LogP contribution in [0.2, 0.25) is 0 Å². The molecule has 0 aliphatic heterocycles. The van der Waals surface area contributed by atoms with Crippen LogP contribution in [0.4, 0.5) is 5.69 Å². The fourth-order valence-corrected chi connectivity index (χ4v) is 4.21. The van der Waals surface area contributed by atoms with E-state index in [-0.39, 0.29) is 16.7 Å². The van der Waals surface area contributed by atoms with Crippen LogP contribution in [-0.4, -0.2) is 20.9 Å². The van der Waals surface area contributed by atoms with E-state index in [0.29, 0.717) is 19.4 Å². The van der Waals surface area contributed by atoms with Crippen LogP contribution in [0.1, 0.15) is 25.8 Å². The van der Waals surface area contributed by atoms with Crippen molar-refractivity contribution in [3.05, 3.63) is 72.3 Å². The van der Waals surface area contributed by atoms with E-state index in [1.165, 1.54) is 0 Å². The monoisotopic (exact) mass is 410 g/mol. The van der Waals surface area contributed by atoms with E-state index < -0.39 is 10.0 Å². The van der Waals surface area contributed by atoms with E-state index in [0.717, 1.165) is 22.0 Å². The van der Waals surface area contributed by atoms with Crippen LogP contribution < -0.4 is 10.0 Å². The highest BCUT2D eigenvalue weighted by atomic mass is 32.2. The summed E-state index contributed by atoms with van der Waals surface area (Å²) in [4.78, 5) is 12.6. The van der Waals surface area contributed by atoms with Crippen molar-refractivity contribution in [2.75, 3.05) is 11.9 Å². The van der Waals surface area contributed by atoms with Crippen molar-refractivity contribution in [1.29, 1.82) is 0 Å². The zero-order chi connectivity index (χ0) is 20.9. The van der Waals surface area contributed by atoms with Gasteiger partial charge in [0.2, 0.25) is 15.9 Å². The average molecular weight is 411 g/mol. The molecule has 0 aliphatic rings. The number of fused-ring (bicyclic) bond motifs is 1. The zero-order valence-corrected chi connectivity index (χ0v) is 17.5. The lowest BCUT2D eigenvalue weighted by molar-refractivity contribution is -0.116. The molecule has 3 aromatic rings. The molecule has 29 heavy (non-hydrogen) atoms. The maximum atomic E-state index is 12.4. The predicted octanol–water partition coefficient (Wildman–Crippen LogP) is 4.35. The van der Waals surface area contributed by atoms with Crippen LogP contribution in [0.25, 0.3) is 10.8 Å². The number of sulfonamides is 1. The van der Waals surface area contributed by atoms with Gasteiger partial charge in [0.15, 0.2) is 0 Å². The van der Waals surface area contributed by atoms with Gasteiger partial charge in [-0.1, -0.05) is 62.4 Å². The highest BCUT2D eigenvalue weighted by Crippen LogP contribution is 2.23. The van der Waals surface area contributed by atoms with E-state index in [1.807, 2.05) is 56.3 Å². The van der Waals surface area contributed by atoms with Gasteiger partial charge in [-0.2, -0.15) is 0 Å². The van der Waals surface area contributed by atoms with Crippen LogP contribution in [-0.2, 0) is 21.2 Å². The highest BCUT2D eigenvalue weighted by molar-refractivity contribution is 7.89. The fraction of sp³-hybridized carbons (Fsp3) is 0.261. The van der Waals surface area contributed by atoms with Gasteiger partial charge in [-0.25, -0.2) is 13.1 Å². The van der Waals surface area contributed by atoms with Crippen molar-refractivity contribution >= 4 is 32.4 Å². The van der Waals surface area contributed by atoms with Gasteiger partial charge in [0, 0.05) is 24.0 Å². The van der Waals surface area contributed by atoms with Gasteiger partial charge in [0.05, 0.1) is 4.90 Å². The first-order valence-electron chi connectivity index (χ1n) is 9.71. The lowest BCUT2D eigenvalue weighted by atomic mass is 10.1. The van der Waals surface area contributed by atoms with Crippen LogP contribution in [0.3, 0.4) is 0 Å². The molecule has 0 heterocycles. The summed E-state index contributed by atoms with van der Waals surface area (Å²) >= 11 is 0. The molecule has 0 unspecified atom stereocenters. The Morgan fingerprint density at radius 1 is 0.931 bits per heavy atom. The van der Waals surface area contributed by atoms with Crippen molar-refractivity contribution < 1.29 is 13.2 Å². The Morgan fingerprint density at radius 3 is 2.34 bits per heavy atom. The average Bonchev–Trinajstić information content (AvgIpc) is 2.71. The minimum atomic E-state index is -3.49. The van der Waals surface area contributed by atoms with Crippen molar-refractivity contribution in [3.63, 3.8) is 0 Å². The smallest absolute Gasteiger partial charge is 0.240 e. The molecule has 0 radical (unpaired) electrons. The molecule has 6 heteroatoms. The molecule has 0 fully saturated rings. The van der Waals surface area contributed by atoms with Crippen LogP contribution in [0.5, 0.6) is 0 Å². The number of hydrogen-bond acceptors (Lipinski definition) is 3. The Balaban J connectivity index is 1.59. The molecule has 3 rings (SSSR count). The molecule has 0 spiro atoms. The number of rotatable bonds is 8. The summed E-state index contributed by atoms with van der Waals surface area (Å²) in [7, 11) is -3.49. The van der Waals surface area contributed by atoms with E-state index in [2.05, 4.69) is 10.0 Å². The number of anilines is 1. The van der Waals surface area contributed by atoms with Gasteiger partial charge in [-0.3, -0.25) is 4.79 Å². The lowest BCUT2D eigenvalue weighted by Crippen LogP contribution is -2.27. The molecule has 152 valence electrons. The fourth-order valence-electron chi connectivity index (χ4n) is 3.00. The van der Waals surface area contributed by atoms with E-state index in [1.54, 1.807) is 24.3 Å². The minimum absolute atomic E-state index is 0.0725. The molecule has 0 atom stereocenters. The number of carbonyl (C=O) groups excluding carboxylic acids is 1. The molecule has 0 saturated heterocycles. The van der Waals surface area contributed by atoms with Gasteiger partial charge >= 0.3 is 0 Å². The van der Waals surface area contributed by atoms with Crippen molar-refractivity contribution in [2.45, 2.75) is 31.6 Å². The zero-order valence-electron chi connectivity index (χ0n) is 16.7. The topological polar surface area (TPSA) is 75.3 Å². The second kappa shape index (κ2) is 9.20. The number of benzene rings is 3. The molecule has 2 N–H and O–H groups in total. The Hall–Kier alpha value is -2.70. The summed E-state index contributed by atoms with van der Waals surface area (Å²) in [5, 5.41) is 5.06. The highest BCUT2D eigenvalue weighted by Gasteiger charge is 2.14.